The van der Waals surface area contributed by atoms with E-state index in [1.807, 2.05) is 12.3 Å². The molecule has 78 valence electrons. The number of hydrogen-bond acceptors (Lipinski definition) is 4. The maximum Gasteiger partial charge on any atom is 0.239 e. The van der Waals surface area contributed by atoms with Crippen molar-refractivity contribution >= 4 is 17.2 Å². The summed E-state index contributed by atoms with van der Waals surface area (Å²) in [5.41, 5.74) is 8.31. The van der Waals surface area contributed by atoms with Gasteiger partial charge in [0.15, 0.2) is 0 Å². The summed E-state index contributed by atoms with van der Waals surface area (Å²) in [6, 6.07) is -0.390. The zero-order chi connectivity index (χ0) is 10.6. The van der Waals surface area contributed by atoms with E-state index in [4.69, 9.17) is 5.73 Å². The molecule has 0 aromatic carbocycles. The Labute approximate surface area is 87.7 Å². The second-order valence-electron chi connectivity index (χ2n) is 3.19. The maximum atomic E-state index is 11.6. The number of carbonyl (C=O) groups is 1. The minimum absolute atomic E-state index is 0.0273. The van der Waals surface area contributed by atoms with Crippen molar-refractivity contribution in [3.8, 4) is 0 Å². The van der Waals surface area contributed by atoms with Crippen molar-refractivity contribution in [3.63, 3.8) is 0 Å². The fraction of sp³-hybridized carbons (Fsp3) is 0.556. The van der Waals surface area contributed by atoms with Crippen molar-refractivity contribution in [2.75, 3.05) is 7.05 Å². The van der Waals surface area contributed by atoms with Gasteiger partial charge in [-0.2, -0.15) is 0 Å². The van der Waals surface area contributed by atoms with Crippen molar-refractivity contribution in [2.24, 2.45) is 5.73 Å². The zero-order valence-corrected chi connectivity index (χ0v) is 9.25. The SMILES string of the molecule is CCC(N)C(=O)N(C)Cc1cscn1. The number of likely N-dealkylation sites (N-methyl/N-ethyl adjacent to an activating group) is 1. The lowest BCUT2D eigenvalue weighted by atomic mass is 10.2. The first-order valence-corrected chi connectivity index (χ1v) is 5.47. The van der Waals surface area contributed by atoms with Crippen molar-refractivity contribution < 1.29 is 4.79 Å². The quantitative estimate of drug-likeness (QED) is 0.806. The van der Waals surface area contributed by atoms with Crippen LogP contribution in [0.5, 0.6) is 0 Å². The lowest BCUT2D eigenvalue weighted by molar-refractivity contribution is -0.131. The van der Waals surface area contributed by atoms with Crippen molar-refractivity contribution in [1.82, 2.24) is 9.88 Å². The van der Waals surface area contributed by atoms with Crippen LogP contribution in [0.25, 0.3) is 0 Å². The van der Waals surface area contributed by atoms with Gasteiger partial charge in [-0.1, -0.05) is 6.92 Å². The molecule has 0 fully saturated rings. The third-order valence-corrected chi connectivity index (χ3v) is 2.65. The van der Waals surface area contributed by atoms with Crippen LogP contribution in [0, 0.1) is 0 Å². The number of rotatable bonds is 4. The first kappa shape index (κ1) is 11.1. The first-order valence-electron chi connectivity index (χ1n) is 4.52. The molecule has 2 N–H and O–H groups in total. The van der Waals surface area contributed by atoms with Gasteiger partial charge in [-0.05, 0) is 6.42 Å². The number of hydrogen-bond donors (Lipinski definition) is 1. The summed E-state index contributed by atoms with van der Waals surface area (Å²) in [6.07, 6.45) is 0.667. The molecule has 1 unspecified atom stereocenters. The molecule has 1 rings (SSSR count). The van der Waals surface area contributed by atoms with Gasteiger partial charge in [0.25, 0.3) is 0 Å². The van der Waals surface area contributed by atoms with Crippen molar-refractivity contribution in [3.05, 3.63) is 16.6 Å². The van der Waals surface area contributed by atoms with Gasteiger partial charge in [0, 0.05) is 12.4 Å². The second-order valence-corrected chi connectivity index (χ2v) is 3.91. The van der Waals surface area contributed by atoms with Gasteiger partial charge in [-0.25, -0.2) is 4.98 Å². The maximum absolute atomic E-state index is 11.6. The lowest BCUT2D eigenvalue weighted by Gasteiger charge is -2.19. The molecule has 0 aliphatic carbocycles. The largest absolute Gasteiger partial charge is 0.338 e. The minimum Gasteiger partial charge on any atom is -0.338 e. The molecule has 0 saturated carbocycles. The summed E-state index contributed by atoms with van der Waals surface area (Å²) in [6.45, 7) is 2.44. The third-order valence-electron chi connectivity index (χ3n) is 2.02. The van der Waals surface area contributed by atoms with Crippen molar-refractivity contribution in [2.45, 2.75) is 25.9 Å². The fourth-order valence-electron chi connectivity index (χ4n) is 1.09. The summed E-state index contributed by atoms with van der Waals surface area (Å²) in [4.78, 5) is 17.3. The molecule has 0 spiro atoms. The molecule has 0 aliphatic rings. The highest BCUT2D eigenvalue weighted by Crippen LogP contribution is 2.05. The van der Waals surface area contributed by atoms with Crippen LogP contribution >= 0.6 is 11.3 Å². The second kappa shape index (κ2) is 5.07. The summed E-state index contributed by atoms with van der Waals surface area (Å²) in [7, 11) is 1.75. The molecule has 0 aliphatic heterocycles. The van der Waals surface area contributed by atoms with E-state index < -0.39 is 6.04 Å². The normalized spacial score (nSPS) is 12.5. The molecule has 5 heteroatoms. The van der Waals surface area contributed by atoms with Crippen LogP contribution in [0.4, 0.5) is 0 Å². The third kappa shape index (κ3) is 2.78. The Kier molecular flexibility index (Phi) is 4.03. The Bertz CT molecular complexity index is 286. The molecular weight excluding hydrogens is 198 g/mol. The van der Waals surface area contributed by atoms with Crippen molar-refractivity contribution in [1.29, 1.82) is 0 Å². The van der Waals surface area contributed by atoms with E-state index >= 15 is 0 Å². The molecule has 1 aromatic heterocycles. The van der Waals surface area contributed by atoms with Crippen LogP contribution in [0.2, 0.25) is 0 Å². The lowest BCUT2D eigenvalue weighted by Crippen LogP contribution is -2.40. The number of thiazole rings is 1. The molecule has 0 radical (unpaired) electrons. The van der Waals surface area contributed by atoms with E-state index in [-0.39, 0.29) is 5.91 Å². The van der Waals surface area contributed by atoms with Crippen LogP contribution in [-0.2, 0) is 11.3 Å². The molecule has 4 nitrogen and oxygen atoms in total. The number of aromatic nitrogens is 1. The highest BCUT2D eigenvalue weighted by molar-refractivity contribution is 7.07. The smallest absolute Gasteiger partial charge is 0.239 e. The molecule has 0 saturated heterocycles. The Morgan fingerprint density at radius 3 is 3.00 bits per heavy atom. The van der Waals surface area contributed by atoms with Crippen LogP contribution < -0.4 is 5.73 Å². The molecule has 1 heterocycles. The van der Waals surface area contributed by atoms with Gasteiger partial charge in [-0.3, -0.25) is 4.79 Å². The predicted molar refractivity (Wildman–Crippen MR) is 56.9 cm³/mol. The fourth-order valence-corrected chi connectivity index (χ4v) is 1.64. The number of nitrogens with zero attached hydrogens (tertiary/aromatic N) is 2. The molecule has 1 aromatic rings. The summed E-state index contributed by atoms with van der Waals surface area (Å²) in [5, 5.41) is 1.93. The molecule has 0 bridgehead atoms. The summed E-state index contributed by atoms with van der Waals surface area (Å²) < 4.78 is 0. The Hall–Kier alpha value is -0.940. The molecule has 14 heavy (non-hydrogen) atoms. The minimum atomic E-state index is -0.390. The predicted octanol–water partition coefficient (Wildman–Crippen LogP) is 0.839. The van der Waals surface area contributed by atoms with E-state index in [1.54, 1.807) is 17.5 Å². The number of amides is 1. The number of carbonyl (C=O) groups excluding carboxylic acids is 1. The Balaban J connectivity index is 2.50. The zero-order valence-electron chi connectivity index (χ0n) is 8.43. The van der Waals surface area contributed by atoms with Gasteiger partial charge in [0.2, 0.25) is 5.91 Å². The van der Waals surface area contributed by atoms with Crippen LogP contribution in [0.15, 0.2) is 10.9 Å². The van der Waals surface area contributed by atoms with Gasteiger partial charge in [-0.15, -0.1) is 11.3 Å². The highest BCUT2D eigenvalue weighted by atomic mass is 32.1. The van der Waals surface area contributed by atoms with Gasteiger partial charge >= 0.3 is 0 Å². The summed E-state index contributed by atoms with van der Waals surface area (Å²) >= 11 is 1.53. The van der Waals surface area contributed by atoms with Gasteiger partial charge < -0.3 is 10.6 Å². The summed E-state index contributed by atoms with van der Waals surface area (Å²) in [5.74, 6) is -0.0273. The van der Waals surface area contributed by atoms with Crippen LogP contribution in [-0.4, -0.2) is 28.9 Å². The number of nitrogens with two attached hydrogens (primary N) is 1. The first-order chi connectivity index (χ1) is 6.65. The monoisotopic (exact) mass is 213 g/mol. The molecular formula is C9H15N3OS. The van der Waals surface area contributed by atoms with E-state index in [1.165, 1.54) is 11.3 Å². The standard InChI is InChI=1S/C9H15N3OS/c1-3-8(10)9(13)12(2)4-7-5-14-6-11-7/h5-6,8H,3-4,10H2,1-2H3. The molecule has 1 atom stereocenters. The van der Waals surface area contributed by atoms with E-state index in [0.717, 1.165) is 5.69 Å². The van der Waals surface area contributed by atoms with E-state index in [0.29, 0.717) is 13.0 Å². The van der Waals surface area contributed by atoms with Crippen LogP contribution in [0.1, 0.15) is 19.0 Å². The Morgan fingerprint density at radius 2 is 2.50 bits per heavy atom. The molecule has 1 amide bonds. The average molecular weight is 213 g/mol. The van der Waals surface area contributed by atoms with Crippen LogP contribution in [0.3, 0.4) is 0 Å². The average Bonchev–Trinajstić information content (AvgIpc) is 2.68. The van der Waals surface area contributed by atoms with Gasteiger partial charge in [0.05, 0.1) is 23.8 Å². The van der Waals surface area contributed by atoms with E-state index in [2.05, 4.69) is 4.98 Å². The highest BCUT2D eigenvalue weighted by Gasteiger charge is 2.16. The Morgan fingerprint density at radius 1 is 1.79 bits per heavy atom. The topological polar surface area (TPSA) is 59.2 Å². The van der Waals surface area contributed by atoms with Gasteiger partial charge in [0.1, 0.15) is 0 Å². The van der Waals surface area contributed by atoms with E-state index in [9.17, 15) is 4.79 Å².